The zero-order valence-corrected chi connectivity index (χ0v) is 17.1. The first-order valence-electron chi connectivity index (χ1n) is 9.36. The van der Waals surface area contributed by atoms with Crippen molar-refractivity contribution in [3.05, 3.63) is 65.9 Å². The summed E-state index contributed by atoms with van der Waals surface area (Å²) in [5.41, 5.74) is 2.95. The maximum Gasteiger partial charge on any atom is 0.322 e. The van der Waals surface area contributed by atoms with E-state index in [-0.39, 0.29) is 23.4 Å². The highest BCUT2D eigenvalue weighted by atomic mass is 32.2. The Bertz CT molecular complexity index is 1190. The fraction of sp³-hybridized carbons (Fsp3) is 0.250. The number of nitrogens with one attached hydrogen (secondary N) is 1. The second-order valence-corrected chi connectivity index (χ2v) is 9.02. The van der Waals surface area contributed by atoms with Gasteiger partial charge in [-0.25, -0.2) is 27.3 Å². The van der Waals surface area contributed by atoms with Crippen LogP contribution in [0.5, 0.6) is 0 Å². The number of rotatable bonds is 4. The Morgan fingerprint density at radius 3 is 2.73 bits per heavy atom. The Kier molecular flexibility index (Phi) is 5.25. The summed E-state index contributed by atoms with van der Waals surface area (Å²) in [6.07, 6.45) is 5.64. The molecule has 156 valence electrons. The van der Waals surface area contributed by atoms with Crippen molar-refractivity contribution in [3.63, 3.8) is 0 Å². The van der Waals surface area contributed by atoms with E-state index in [1.807, 2.05) is 0 Å². The minimum Gasteiger partial charge on any atom is -0.334 e. The van der Waals surface area contributed by atoms with Gasteiger partial charge in [0.1, 0.15) is 5.82 Å². The maximum absolute atomic E-state index is 13.2. The van der Waals surface area contributed by atoms with Crippen LogP contribution in [-0.4, -0.2) is 42.0 Å². The third-order valence-electron chi connectivity index (χ3n) is 4.87. The summed E-state index contributed by atoms with van der Waals surface area (Å²) in [6.45, 7) is 0.709. The highest BCUT2D eigenvalue weighted by Gasteiger charge is 2.26. The lowest BCUT2D eigenvalue weighted by molar-refractivity contribution is 0.245. The number of carbonyl (C=O) groups is 1. The number of pyridine rings is 1. The lowest BCUT2D eigenvalue weighted by atomic mass is 10.1. The van der Waals surface area contributed by atoms with Gasteiger partial charge in [0.05, 0.1) is 23.3 Å². The number of fused-ring (bicyclic) bond motifs is 1. The largest absolute Gasteiger partial charge is 0.334 e. The van der Waals surface area contributed by atoms with Crippen LogP contribution in [0.2, 0.25) is 0 Å². The minimum absolute atomic E-state index is 0.0323. The number of sulfone groups is 1. The number of urea groups is 1. The van der Waals surface area contributed by atoms with Crippen molar-refractivity contribution in [3.8, 4) is 5.69 Å². The van der Waals surface area contributed by atoms with Crippen molar-refractivity contribution in [2.24, 2.45) is 0 Å². The molecular weight excluding hydrogens is 409 g/mol. The monoisotopic (exact) mass is 429 g/mol. The molecule has 8 nitrogen and oxygen atoms in total. The van der Waals surface area contributed by atoms with E-state index in [0.29, 0.717) is 17.8 Å². The van der Waals surface area contributed by atoms with Gasteiger partial charge in [0.15, 0.2) is 14.9 Å². The molecule has 2 aromatic heterocycles. The van der Waals surface area contributed by atoms with E-state index in [4.69, 9.17) is 0 Å². The van der Waals surface area contributed by atoms with Crippen LogP contribution in [0.15, 0.2) is 53.8 Å². The number of halogens is 1. The zero-order chi connectivity index (χ0) is 21.3. The molecule has 30 heavy (non-hydrogen) atoms. The van der Waals surface area contributed by atoms with Crippen LogP contribution in [0.1, 0.15) is 17.7 Å². The summed E-state index contributed by atoms with van der Waals surface area (Å²) in [6, 6.07) is 8.83. The van der Waals surface area contributed by atoms with E-state index in [1.54, 1.807) is 34.0 Å². The number of benzene rings is 1. The van der Waals surface area contributed by atoms with Crippen LogP contribution in [-0.2, 0) is 22.8 Å². The molecule has 1 aromatic carbocycles. The summed E-state index contributed by atoms with van der Waals surface area (Å²) < 4.78 is 38.3. The molecule has 0 radical (unpaired) electrons. The Balaban J connectivity index is 1.51. The predicted molar refractivity (Wildman–Crippen MR) is 109 cm³/mol. The smallest absolute Gasteiger partial charge is 0.322 e. The Morgan fingerprint density at radius 2 is 2.00 bits per heavy atom. The van der Waals surface area contributed by atoms with Gasteiger partial charge in [-0.1, -0.05) is 0 Å². The van der Waals surface area contributed by atoms with Crippen molar-refractivity contribution in [2.45, 2.75) is 24.4 Å². The molecule has 3 heterocycles. The fourth-order valence-corrected chi connectivity index (χ4v) is 4.02. The van der Waals surface area contributed by atoms with Crippen molar-refractivity contribution in [1.29, 1.82) is 0 Å². The first kappa shape index (κ1) is 20.0. The molecule has 0 spiro atoms. The molecule has 1 aliphatic rings. The zero-order valence-electron chi connectivity index (χ0n) is 16.2. The van der Waals surface area contributed by atoms with Gasteiger partial charge in [0, 0.05) is 25.5 Å². The molecule has 3 aromatic rings. The number of amides is 2. The van der Waals surface area contributed by atoms with Gasteiger partial charge in [-0.2, -0.15) is 5.10 Å². The quantitative estimate of drug-likeness (QED) is 0.687. The molecule has 0 aliphatic carbocycles. The number of anilines is 1. The lowest BCUT2D eigenvalue weighted by Crippen LogP contribution is -2.42. The van der Waals surface area contributed by atoms with Crippen LogP contribution in [0.4, 0.5) is 14.9 Å². The Labute approximate surface area is 173 Å². The second kappa shape index (κ2) is 7.86. The van der Waals surface area contributed by atoms with Crippen molar-refractivity contribution in [1.82, 2.24) is 20.1 Å². The number of hydrogen-bond donors (Lipinski definition) is 1. The summed E-state index contributed by atoms with van der Waals surface area (Å²) >= 11 is 0. The molecule has 0 saturated carbocycles. The first-order valence-corrected chi connectivity index (χ1v) is 11.3. The highest BCUT2D eigenvalue weighted by molar-refractivity contribution is 7.90. The van der Waals surface area contributed by atoms with E-state index in [2.05, 4.69) is 15.4 Å². The van der Waals surface area contributed by atoms with Gasteiger partial charge in [-0.15, -0.1) is 0 Å². The van der Waals surface area contributed by atoms with Gasteiger partial charge in [-0.3, -0.25) is 4.90 Å². The van der Waals surface area contributed by atoms with Gasteiger partial charge in [0.2, 0.25) is 0 Å². The molecule has 0 saturated heterocycles. The molecule has 0 bridgehead atoms. The van der Waals surface area contributed by atoms with E-state index < -0.39 is 9.84 Å². The molecule has 0 atom stereocenters. The molecule has 10 heteroatoms. The normalized spacial score (nSPS) is 13.7. The highest BCUT2D eigenvalue weighted by Crippen LogP contribution is 2.29. The van der Waals surface area contributed by atoms with Crippen LogP contribution in [0.3, 0.4) is 0 Å². The van der Waals surface area contributed by atoms with Crippen LogP contribution < -0.4 is 10.2 Å². The number of aromatic nitrogens is 3. The van der Waals surface area contributed by atoms with E-state index >= 15 is 0 Å². The topological polar surface area (TPSA) is 97.2 Å². The average molecular weight is 429 g/mol. The average Bonchev–Trinajstić information content (AvgIpc) is 3.16. The standard InChI is InChI=1S/C20H20FN5O3S/c1-30(28,29)19-11-14(8-9-22-19)12-23-20(27)25-10-2-3-17-18(25)13-24-26(17)16-6-4-15(21)5-7-16/h4-9,11,13H,2-3,10,12H2,1H3,(H,23,27). The predicted octanol–water partition coefficient (Wildman–Crippen LogP) is 2.47. The summed E-state index contributed by atoms with van der Waals surface area (Å²) in [5.74, 6) is -0.323. The molecule has 0 fully saturated rings. The number of carbonyl (C=O) groups excluding carboxylic acids is 1. The molecule has 1 aliphatic heterocycles. The third-order valence-corrected chi connectivity index (χ3v) is 5.86. The number of hydrogen-bond acceptors (Lipinski definition) is 5. The SMILES string of the molecule is CS(=O)(=O)c1cc(CNC(=O)N2CCCc3c2cnn3-c2ccc(F)cc2)ccn1. The van der Waals surface area contributed by atoms with Gasteiger partial charge < -0.3 is 5.32 Å². The maximum atomic E-state index is 13.2. The second-order valence-electron chi connectivity index (χ2n) is 7.05. The van der Waals surface area contributed by atoms with Crippen LogP contribution in [0, 0.1) is 5.82 Å². The van der Waals surface area contributed by atoms with Crippen LogP contribution in [0.25, 0.3) is 5.69 Å². The summed E-state index contributed by atoms with van der Waals surface area (Å²) in [4.78, 5) is 18.3. The van der Waals surface area contributed by atoms with Crippen molar-refractivity contribution < 1.29 is 17.6 Å². The van der Waals surface area contributed by atoms with Crippen LogP contribution >= 0.6 is 0 Å². The van der Waals surface area contributed by atoms with Gasteiger partial charge >= 0.3 is 6.03 Å². The Hall–Kier alpha value is -3.27. The lowest BCUT2D eigenvalue weighted by Gasteiger charge is -2.27. The van der Waals surface area contributed by atoms with Crippen molar-refractivity contribution >= 4 is 21.6 Å². The Morgan fingerprint density at radius 1 is 1.23 bits per heavy atom. The van der Waals surface area contributed by atoms with Gasteiger partial charge in [-0.05, 0) is 54.8 Å². The molecule has 0 unspecified atom stereocenters. The fourth-order valence-electron chi connectivity index (χ4n) is 3.40. The molecule has 2 amide bonds. The molecule has 4 rings (SSSR count). The minimum atomic E-state index is -3.42. The van der Waals surface area contributed by atoms with E-state index in [0.717, 1.165) is 30.5 Å². The van der Waals surface area contributed by atoms with Gasteiger partial charge in [0.25, 0.3) is 0 Å². The van der Waals surface area contributed by atoms with Crippen molar-refractivity contribution in [2.75, 3.05) is 17.7 Å². The summed E-state index contributed by atoms with van der Waals surface area (Å²) in [5, 5.41) is 7.18. The first-order chi connectivity index (χ1) is 14.3. The van der Waals surface area contributed by atoms with E-state index in [9.17, 15) is 17.6 Å². The third kappa shape index (κ3) is 4.04. The van der Waals surface area contributed by atoms with E-state index in [1.165, 1.54) is 24.4 Å². The number of nitrogens with zero attached hydrogens (tertiary/aromatic N) is 4. The summed E-state index contributed by atoms with van der Waals surface area (Å²) in [7, 11) is -3.42. The molecule has 1 N–H and O–H groups in total. The molecular formula is C20H20FN5O3S.